The maximum atomic E-state index is 11.9. The number of amides is 1. The van der Waals surface area contributed by atoms with Gasteiger partial charge in [-0.1, -0.05) is 30.3 Å². The van der Waals surface area contributed by atoms with Crippen LogP contribution in [0, 0.1) is 0 Å². The van der Waals surface area contributed by atoms with E-state index in [2.05, 4.69) is 4.99 Å². The number of hydrogen-bond donors (Lipinski definition) is 3. The van der Waals surface area contributed by atoms with Crippen molar-refractivity contribution in [1.29, 1.82) is 0 Å². The van der Waals surface area contributed by atoms with Gasteiger partial charge < -0.3 is 16.6 Å². The molecule has 0 heterocycles. The average molecular weight is 281 g/mol. The van der Waals surface area contributed by atoms with Crippen LogP contribution in [0.1, 0.15) is 28.4 Å². The first-order chi connectivity index (χ1) is 9.91. The summed E-state index contributed by atoms with van der Waals surface area (Å²) in [5, 5.41) is 10.8. The molecule has 0 saturated carbocycles. The van der Waals surface area contributed by atoms with Crippen LogP contribution in [0.3, 0.4) is 0 Å². The van der Waals surface area contributed by atoms with E-state index >= 15 is 0 Å². The van der Waals surface area contributed by atoms with Gasteiger partial charge in [-0.25, -0.2) is 0 Å². The van der Waals surface area contributed by atoms with Crippen molar-refractivity contribution in [2.75, 3.05) is 0 Å². The highest BCUT2D eigenvalue weighted by atomic mass is 16.3. The van der Waals surface area contributed by atoms with Gasteiger partial charge >= 0.3 is 0 Å². The van der Waals surface area contributed by atoms with Gasteiger partial charge in [0.05, 0.1) is 0 Å². The molecule has 1 amide bonds. The number of guanidine groups is 1. The fourth-order valence-electron chi connectivity index (χ4n) is 2.78. The van der Waals surface area contributed by atoms with Crippen LogP contribution in [0.2, 0.25) is 0 Å². The van der Waals surface area contributed by atoms with Crippen molar-refractivity contribution >= 4 is 11.9 Å². The minimum atomic E-state index is -1.14. The number of nitrogens with zero attached hydrogens (tertiary/aromatic N) is 1. The molecule has 106 valence electrons. The first-order valence-electron chi connectivity index (χ1n) is 6.52. The predicted octanol–water partition coefficient (Wildman–Crippen LogP) is 1.34. The third-order valence-corrected chi connectivity index (χ3v) is 3.76. The average Bonchev–Trinajstić information content (AvgIpc) is 2.67. The summed E-state index contributed by atoms with van der Waals surface area (Å²) < 4.78 is 0. The molecule has 2 aromatic rings. The third-order valence-electron chi connectivity index (χ3n) is 3.76. The Labute approximate surface area is 121 Å². The summed E-state index contributed by atoms with van der Waals surface area (Å²) in [4.78, 5) is 15.4. The van der Waals surface area contributed by atoms with Gasteiger partial charge in [0.2, 0.25) is 0 Å². The summed E-state index contributed by atoms with van der Waals surface area (Å²) in [5.74, 6) is -0.805. The molecule has 0 spiro atoms. The number of aliphatic hydroxyl groups is 1. The molecule has 0 unspecified atom stereocenters. The topological polar surface area (TPSA) is 102 Å². The second kappa shape index (κ2) is 4.43. The molecule has 21 heavy (non-hydrogen) atoms. The third kappa shape index (κ3) is 1.98. The molecule has 1 atom stereocenters. The van der Waals surface area contributed by atoms with Gasteiger partial charge in [-0.3, -0.25) is 4.79 Å². The van der Waals surface area contributed by atoms with Crippen LogP contribution in [0.5, 0.6) is 0 Å². The van der Waals surface area contributed by atoms with Crippen molar-refractivity contribution in [3.63, 3.8) is 0 Å². The fourth-order valence-corrected chi connectivity index (χ4v) is 2.78. The zero-order chi connectivity index (χ0) is 15.2. The molecule has 1 aliphatic rings. The SMILES string of the molecule is C[C@]1(O)c2ccccc2-c2ccc(C(=O)N=C(N)N)cc21. The lowest BCUT2D eigenvalue weighted by atomic mass is 9.93. The van der Waals surface area contributed by atoms with Gasteiger partial charge in [0.15, 0.2) is 5.96 Å². The standard InChI is InChI=1S/C16H15N3O2/c1-16(21)12-5-3-2-4-10(12)11-7-6-9(8-13(11)16)14(20)19-15(17)18/h2-8,21H,1H3,(H4,17,18,19,20)/t16-/m0/s1. The van der Waals surface area contributed by atoms with E-state index in [1.54, 1.807) is 19.1 Å². The largest absolute Gasteiger partial charge is 0.381 e. The Morgan fingerprint density at radius 1 is 1.10 bits per heavy atom. The molecule has 0 aliphatic heterocycles. The van der Waals surface area contributed by atoms with Crippen molar-refractivity contribution in [3.8, 4) is 11.1 Å². The van der Waals surface area contributed by atoms with E-state index in [4.69, 9.17) is 11.5 Å². The smallest absolute Gasteiger partial charge is 0.280 e. The van der Waals surface area contributed by atoms with Crippen molar-refractivity contribution < 1.29 is 9.90 Å². The van der Waals surface area contributed by atoms with Gasteiger partial charge in [0, 0.05) is 5.56 Å². The Balaban J connectivity index is 2.16. The van der Waals surface area contributed by atoms with Crippen molar-refractivity contribution in [1.82, 2.24) is 0 Å². The van der Waals surface area contributed by atoms with E-state index in [0.717, 1.165) is 16.7 Å². The van der Waals surface area contributed by atoms with Gasteiger partial charge in [0.25, 0.3) is 5.91 Å². The number of aliphatic imine (C=N–C) groups is 1. The number of carbonyl (C=O) groups is 1. The molecule has 0 radical (unpaired) electrons. The van der Waals surface area contributed by atoms with Crippen LogP contribution in [0.25, 0.3) is 11.1 Å². The van der Waals surface area contributed by atoms with Crippen LogP contribution in [-0.2, 0) is 5.60 Å². The van der Waals surface area contributed by atoms with E-state index in [1.807, 2.05) is 30.3 Å². The molecule has 0 fully saturated rings. The van der Waals surface area contributed by atoms with E-state index in [0.29, 0.717) is 11.1 Å². The molecular weight excluding hydrogens is 266 g/mol. The lowest BCUT2D eigenvalue weighted by Crippen LogP contribution is -2.24. The number of hydrogen-bond acceptors (Lipinski definition) is 2. The molecule has 5 N–H and O–H groups in total. The summed E-state index contributed by atoms with van der Waals surface area (Å²) in [5.41, 5.74) is 13.0. The van der Waals surface area contributed by atoms with Crippen molar-refractivity contribution in [2.45, 2.75) is 12.5 Å². The number of fused-ring (bicyclic) bond motifs is 3. The molecule has 1 aliphatic carbocycles. The highest BCUT2D eigenvalue weighted by Gasteiger charge is 2.37. The van der Waals surface area contributed by atoms with Gasteiger partial charge in [0.1, 0.15) is 5.60 Å². The molecule has 5 heteroatoms. The number of nitrogens with two attached hydrogens (primary N) is 2. The van der Waals surface area contributed by atoms with E-state index in [-0.39, 0.29) is 5.96 Å². The molecule has 2 aromatic carbocycles. The highest BCUT2D eigenvalue weighted by molar-refractivity contribution is 6.02. The monoisotopic (exact) mass is 281 g/mol. The summed E-state index contributed by atoms with van der Waals surface area (Å²) in [7, 11) is 0. The quantitative estimate of drug-likeness (QED) is 0.542. The van der Waals surface area contributed by atoms with Crippen molar-refractivity contribution in [3.05, 3.63) is 59.2 Å². The summed E-state index contributed by atoms with van der Waals surface area (Å²) >= 11 is 0. The van der Waals surface area contributed by atoms with Crippen LogP contribution in [-0.4, -0.2) is 17.0 Å². The Bertz CT molecular complexity index is 775. The number of benzene rings is 2. The van der Waals surface area contributed by atoms with E-state index in [1.165, 1.54) is 0 Å². The minimum absolute atomic E-state index is 0.282. The summed E-state index contributed by atoms with van der Waals surface area (Å²) in [6.45, 7) is 1.71. The van der Waals surface area contributed by atoms with Gasteiger partial charge in [-0.15, -0.1) is 0 Å². The highest BCUT2D eigenvalue weighted by Crippen LogP contribution is 2.47. The van der Waals surface area contributed by atoms with Crippen LogP contribution >= 0.6 is 0 Å². The fraction of sp³-hybridized carbons (Fsp3) is 0.125. The molecule has 3 rings (SSSR count). The van der Waals surface area contributed by atoms with Gasteiger partial charge in [-0.2, -0.15) is 4.99 Å². The second-order valence-corrected chi connectivity index (χ2v) is 5.22. The molecule has 0 bridgehead atoms. The summed E-state index contributed by atoms with van der Waals surface area (Å²) in [6.07, 6.45) is 0. The molecule has 0 aromatic heterocycles. The van der Waals surface area contributed by atoms with E-state index < -0.39 is 11.5 Å². The minimum Gasteiger partial charge on any atom is -0.381 e. The maximum Gasteiger partial charge on any atom is 0.280 e. The van der Waals surface area contributed by atoms with Crippen LogP contribution in [0.4, 0.5) is 0 Å². The molecule has 0 saturated heterocycles. The normalized spacial score (nSPS) is 18.8. The first-order valence-corrected chi connectivity index (χ1v) is 6.52. The maximum absolute atomic E-state index is 11.9. The van der Waals surface area contributed by atoms with Gasteiger partial charge in [-0.05, 0) is 41.3 Å². The van der Waals surface area contributed by atoms with Crippen molar-refractivity contribution in [2.24, 2.45) is 16.5 Å². The van der Waals surface area contributed by atoms with Crippen LogP contribution in [0.15, 0.2) is 47.5 Å². The zero-order valence-corrected chi connectivity index (χ0v) is 11.5. The lowest BCUT2D eigenvalue weighted by Gasteiger charge is -2.20. The lowest BCUT2D eigenvalue weighted by molar-refractivity contribution is 0.0999. The number of rotatable bonds is 1. The van der Waals surface area contributed by atoms with E-state index in [9.17, 15) is 9.90 Å². The molecular formula is C16H15N3O2. The van der Waals surface area contributed by atoms with Crippen LogP contribution < -0.4 is 11.5 Å². The Morgan fingerprint density at radius 3 is 2.48 bits per heavy atom. The number of carbonyl (C=O) groups excluding carboxylic acids is 1. The Kier molecular flexibility index (Phi) is 2.81. The molecule has 5 nitrogen and oxygen atoms in total. The first kappa shape index (κ1) is 13.3. The zero-order valence-electron chi connectivity index (χ0n) is 11.5. The summed E-state index contributed by atoms with van der Waals surface area (Å²) in [6, 6.07) is 12.7. The predicted molar refractivity (Wildman–Crippen MR) is 80.7 cm³/mol. The Hall–Kier alpha value is -2.66. The Morgan fingerprint density at radius 2 is 1.76 bits per heavy atom. The second-order valence-electron chi connectivity index (χ2n) is 5.22.